The quantitative estimate of drug-likeness (QED) is 0.495. The molecule has 0 aliphatic heterocycles. The van der Waals surface area contributed by atoms with E-state index in [4.69, 9.17) is 9.94 Å². The minimum atomic E-state index is 0.550. The Morgan fingerprint density at radius 2 is 1.71 bits per heavy atom. The first-order chi connectivity index (χ1) is 8.38. The lowest BCUT2D eigenvalue weighted by Gasteiger charge is -2.06. The molecule has 0 amide bonds. The molecule has 1 N–H and O–H groups in total. The van der Waals surface area contributed by atoms with Crippen LogP contribution in [0, 0.1) is 0 Å². The predicted octanol–water partition coefficient (Wildman–Crippen LogP) is 3.07. The van der Waals surface area contributed by atoms with Gasteiger partial charge < -0.3 is 9.94 Å². The van der Waals surface area contributed by atoms with Crippen molar-refractivity contribution in [1.29, 1.82) is 0 Å². The van der Waals surface area contributed by atoms with E-state index in [2.05, 4.69) is 5.16 Å². The number of nitrogens with zero attached hydrogens (tertiary/aromatic N) is 1. The minimum Gasteiger partial charge on any atom is -0.489 e. The van der Waals surface area contributed by atoms with Crippen molar-refractivity contribution >= 4 is 6.21 Å². The standard InChI is InChI=1S/C14H13NO2/c16-15-10-12-6-8-14(9-7-12)17-11-13-4-2-1-3-5-13/h1-10,16H,11H2/b15-10-. The number of hydrogen-bond donors (Lipinski definition) is 1. The first-order valence-electron chi connectivity index (χ1n) is 5.33. The lowest BCUT2D eigenvalue weighted by atomic mass is 10.2. The third-order valence-electron chi connectivity index (χ3n) is 2.34. The van der Waals surface area contributed by atoms with Gasteiger partial charge in [0.1, 0.15) is 12.4 Å². The smallest absolute Gasteiger partial charge is 0.119 e. The Bertz CT molecular complexity index is 477. The molecule has 0 aromatic heterocycles. The van der Waals surface area contributed by atoms with Gasteiger partial charge in [0, 0.05) is 0 Å². The van der Waals surface area contributed by atoms with Gasteiger partial charge in [0.2, 0.25) is 0 Å². The maximum absolute atomic E-state index is 8.38. The molecule has 86 valence electrons. The van der Waals surface area contributed by atoms with Crippen LogP contribution in [0.3, 0.4) is 0 Å². The van der Waals surface area contributed by atoms with Crippen molar-refractivity contribution in [2.45, 2.75) is 6.61 Å². The van der Waals surface area contributed by atoms with Gasteiger partial charge in [0.25, 0.3) is 0 Å². The zero-order valence-electron chi connectivity index (χ0n) is 9.28. The highest BCUT2D eigenvalue weighted by atomic mass is 16.5. The third kappa shape index (κ3) is 3.34. The molecule has 0 radical (unpaired) electrons. The molecule has 2 aromatic rings. The fourth-order valence-corrected chi connectivity index (χ4v) is 1.46. The molecule has 3 nitrogen and oxygen atoms in total. The van der Waals surface area contributed by atoms with E-state index in [1.807, 2.05) is 54.6 Å². The molecular formula is C14H13NO2. The monoisotopic (exact) mass is 227 g/mol. The fraction of sp³-hybridized carbons (Fsp3) is 0.0714. The molecule has 0 bridgehead atoms. The topological polar surface area (TPSA) is 41.8 Å². The second kappa shape index (κ2) is 5.70. The summed E-state index contributed by atoms with van der Waals surface area (Å²) in [5.74, 6) is 0.795. The molecule has 0 aliphatic rings. The van der Waals surface area contributed by atoms with Gasteiger partial charge in [0.15, 0.2) is 0 Å². The maximum Gasteiger partial charge on any atom is 0.119 e. The normalized spacial score (nSPS) is 10.6. The number of benzene rings is 2. The molecule has 0 unspecified atom stereocenters. The average molecular weight is 227 g/mol. The maximum atomic E-state index is 8.38. The van der Waals surface area contributed by atoms with Crippen LogP contribution in [0.4, 0.5) is 0 Å². The second-order valence-corrected chi connectivity index (χ2v) is 3.59. The van der Waals surface area contributed by atoms with E-state index in [1.54, 1.807) is 0 Å². The van der Waals surface area contributed by atoms with E-state index < -0.39 is 0 Å². The molecule has 2 rings (SSSR count). The van der Waals surface area contributed by atoms with Crippen molar-refractivity contribution < 1.29 is 9.94 Å². The van der Waals surface area contributed by atoms with Crippen LogP contribution in [0.5, 0.6) is 5.75 Å². The van der Waals surface area contributed by atoms with Gasteiger partial charge >= 0.3 is 0 Å². The van der Waals surface area contributed by atoms with Crippen LogP contribution in [-0.4, -0.2) is 11.4 Å². The van der Waals surface area contributed by atoms with Crippen LogP contribution in [0.2, 0.25) is 0 Å². The largest absolute Gasteiger partial charge is 0.489 e. The van der Waals surface area contributed by atoms with Gasteiger partial charge in [0.05, 0.1) is 6.21 Å². The summed E-state index contributed by atoms with van der Waals surface area (Å²) in [6, 6.07) is 17.4. The molecule has 0 heterocycles. The van der Waals surface area contributed by atoms with E-state index in [1.165, 1.54) is 6.21 Å². The number of ether oxygens (including phenoxy) is 1. The summed E-state index contributed by atoms with van der Waals surface area (Å²) >= 11 is 0. The zero-order valence-corrected chi connectivity index (χ0v) is 9.28. The van der Waals surface area contributed by atoms with Crippen LogP contribution in [0.25, 0.3) is 0 Å². The molecule has 17 heavy (non-hydrogen) atoms. The van der Waals surface area contributed by atoms with Crippen LogP contribution in [-0.2, 0) is 6.61 Å². The molecule has 2 aromatic carbocycles. The summed E-state index contributed by atoms with van der Waals surface area (Å²) in [5, 5.41) is 11.3. The second-order valence-electron chi connectivity index (χ2n) is 3.59. The first-order valence-corrected chi connectivity index (χ1v) is 5.33. The van der Waals surface area contributed by atoms with E-state index in [-0.39, 0.29) is 0 Å². The molecule has 0 saturated heterocycles. The summed E-state index contributed by atoms with van der Waals surface area (Å²) < 4.78 is 5.62. The van der Waals surface area contributed by atoms with Crippen molar-refractivity contribution in [2.75, 3.05) is 0 Å². The Balaban J connectivity index is 1.95. The van der Waals surface area contributed by atoms with Crippen LogP contribution in [0.15, 0.2) is 59.8 Å². The highest BCUT2D eigenvalue weighted by Crippen LogP contribution is 2.13. The highest BCUT2D eigenvalue weighted by Gasteiger charge is 1.95. The number of rotatable bonds is 4. The summed E-state index contributed by atoms with van der Waals surface area (Å²) in [5.41, 5.74) is 1.97. The van der Waals surface area contributed by atoms with E-state index in [9.17, 15) is 0 Å². The SMILES string of the molecule is O/N=C\c1ccc(OCc2ccccc2)cc1. The minimum absolute atomic E-state index is 0.550. The summed E-state index contributed by atoms with van der Waals surface area (Å²) in [6.07, 6.45) is 1.38. The van der Waals surface area contributed by atoms with Gasteiger partial charge in [-0.25, -0.2) is 0 Å². The van der Waals surface area contributed by atoms with Gasteiger partial charge in [-0.3, -0.25) is 0 Å². The number of hydrogen-bond acceptors (Lipinski definition) is 3. The Hall–Kier alpha value is -2.29. The van der Waals surface area contributed by atoms with Crippen molar-refractivity contribution in [2.24, 2.45) is 5.16 Å². The van der Waals surface area contributed by atoms with Crippen molar-refractivity contribution in [3.05, 3.63) is 65.7 Å². The van der Waals surface area contributed by atoms with Crippen LogP contribution >= 0.6 is 0 Å². The number of oxime groups is 1. The van der Waals surface area contributed by atoms with Gasteiger partial charge in [-0.1, -0.05) is 35.5 Å². The summed E-state index contributed by atoms with van der Waals surface area (Å²) in [7, 11) is 0. The van der Waals surface area contributed by atoms with Gasteiger partial charge in [-0.05, 0) is 35.4 Å². The Morgan fingerprint density at radius 3 is 2.35 bits per heavy atom. The van der Waals surface area contributed by atoms with E-state index >= 15 is 0 Å². The predicted molar refractivity (Wildman–Crippen MR) is 66.6 cm³/mol. The van der Waals surface area contributed by atoms with Crippen molar-refractivity contribution in [1.82, 2.24) is 0 Å². The van der Waals surface area contributed by atoms with Crippen LogP contribution < -0.4 is 4.74 Å². The lowest BCUT2D eigenvalue weighted by Crippen LogP contribution is -1.94. The molecule has 0 fully saturated rings. The highest BCUT2D eigenvalue weighted by molar-refractivity contribution is 5.79. The van der Waals surface area contributed by atoms with E-state index in [0.29, 0.717) is 6.61 Å². The summed E-state index contributed by atoms with van der Waals surface area (Å²) in [4.78, 5) is 0. The molecule has 0 saturated carbocycles. The molecule has 0 aliphatic carbocycles. The fourth-order valence-electron chi connectivity index (χ4n) is 1.46. The van der Waals surface area contributed by atoms with Gasteiger partial charge in [-0.2, -0.15) is 0 Å². The van der Waals surface area contributed by atoms with Crippen LogP contribution in [0.1, 0.15) is 11.1 Å². The Kier molecular flexibility index (Phi) is 3.76. The molecule has 0 spiro atoms. The molecular weight excluding hydrogens is 214 g/mol. The average Bonchev–Trinajstić information content (AvgIpc) is 2.40. The Morgan fingerprint density at radius 1 is 1.00 bits per heavy atom. The first kappa shape index (κ1) is 11.2. The van der Waals surface area contributed by atoms with Gasteiger partial charge in [-0.15, -0.1) is 0 Å². The van der Waals surface area contributed by atoms with Crippen molar-refractivity contribution in [3.63, 3.8) is 0 Å². The molecule has 0 atom stereocenters. The van der Waals surface area contributed by atoms with E-state index in [0.717, 1.165) is 16.9 Å². The Labute approximate surface area is 100.0 Å². The van der Waals surface area contributed by atoms with Crippen molar-refractivity contribution in [3.8, 4) is 5.75 Å². The zero-order chi connectivity index (χ0) is 11.9. The molecule has 3 heteroatoms. The summed E-state index contributed by atoms with van der Waals surface area (Å²) in [6.45, 7) is 0.550. The third-order valence-corrected chi connectivity index (χ3v) is 2.34. The lowest BCUT2D eigenvalue weighted by molar-refractivity contribution is 0.306.